The first-order valence-corrected chi connectivity index (χ1v) is 6.03. The predicted molar refractivity (Wildman–Crippen MR) is 64.3 cm³/mol. The third-order valence-corrected chi connectivity index (χ3v) is 2.80. The van der Waals surface area contributed by atoms with Gasteiger partial charge in [0.25, 0.3) is 0 Å². The van der Waals surface area contributed by atoms with Crippen molar-refractivity contribution in [2.75, 3.05) is 26.2 Å². The number of unbranched alkanes of at least 4 members (excludes halogenated alkanes) is 1. The molecule has 1 aromatic rings. The SMILES string of the molecule is [CH](CCOc1ccccn1)CN1CCCC1. The second-order valence-electron chi connectivity index (χ2n) is 4.10. The van der Waals surface area contributed by atoms with Gasteiger partial charge < -0.3 is 9.64 Å². The van der Waals surface area contributed by atoms with Gasteiger partial charge >= 0.3 is 0 Å². The molecule has 0 aliphatic carbocycles. The van der Waals surface area contributed by atoms with Crippen LogP contribution in [0.2, 0.25) is 0 Å². The van der Waals surface area contributed by atoms with E-state index in [9.17, 15) is 0 Å². The summed E-state index contributed by atoms with van der Waals surface area (Å²) in [7, 11) is 0. The van der Waals surface area contributed by atoms with Gasteiger partial charge in [0, 0.05) is 18.8 Å². The van der Waals surface area contributed by atoms with Crippen molar-refractivity contribution >= 4 is 0 Å². The van der Waals surface area contributed by atoms with Crippen molar-refractivity contribution in [1.29, 1.82) is 0 Å². The Bertz CT molecular complexity index is 283. The molecule has 0 bridgehead atoms. The Kier molecular flexibility index (Phi) is 4.62. The van der Waals surface area contributed by atoms with Crippen LogP contribution in [0.5, 0.6) is 5.88 Å². The van der Waals surface area contributed by atoms with E-state index in [4.69, 9.17) is 4.74 Å². The Labute approximate surface area is 97.4 Å². The van der Waals surface area contributed by atoms with E-state index in [1.807, 2.05) is 18.2 Å². The lowest BCUT2D eigenvalue weighted by Crippen LogP contribution is -2.21. The van der Waals surface area contributed by atoms with Gasteiger partial charge in [0.1, 0.15) is 0 Å². The maximum atomic E-state index is 5.51. The van der Waals surface area contributed by atoms with Crippen molar-refractivity contribution in [2.24, 2.45) is 0 Å². The maximum Gasteiger partial charge on any atom is 0.213 e. The minimum Gasteiger partial charge on any atom is -0.478 e. The van der Waals surface area contributed by atoms with Gasteiger partial charge in [0.15, 0.2) is 0 Å². The lowest BCUT2D eigenvalue weighted by molar-refractivity contribution is 0.297. The van der Waals surface area contributed by atoms with Crippen LogP contribution in [0.3, 0.4) is 0 Å². The highest BCUT2D eigenvalue weighted by atomic mass is 16.5. The lowest BCUT2D eigenvalue weighted by atomic mass is 10.3. The van der Waals surface area contributed by atoms with Crippen LogP contribution in [-0.2, 0) is 0 Å². The smallest absolute Gasteiger partial charge is 0.213 e. The number of aromatic nitrogens is 1. The maximum absolute atomic E-state index is 5.51. The van der Waals surface area contributed by atoms with Crippen LogP contribution in [-0.4, -0.2) is 36.1 Å². The molecule has 1 aliphatic rings. The van der Waals surface area contributed by atoms with Gasteiger partial charge in [-0.25, -0.2) is 4.98 Å². The summed E-state index contributed by atoms with van der Waals surface area (Å²) in [6.07, 6.45) is 7.77. The fraction of sp³-hybridized carbons (Fsp3) is 0.538. The number of pyridine rings is 1. The summed E-state index contributed by atoms with van der Waals surface area (Å²) in [5.74, 6) is 0.720. The number of ether oxygens (including phenoxy) is 1. The van der Waals surface area contributed by atoms with Crippen LogP contribution >= 0.6 is 0 Å². The summed E-state index contributed by atoms with van der Waals surface area (Å²) in [4.78, 5) is 6.59. The van der Waals surface area contributed by atoms with Crippen LogP contribution in [0, 0.1) is 6.42 Å². The molecular weight excluding hydrogens is 200 g/mol. The first kappa shape index (κ1) is 11.4. The zero-order valence-corrected chi connectivity index (χ0v) is 9.64. The highest BCUT2D eigenvalue weighted by Crippen LogP contribution is 2.08. The van der Waals surface area contributed by atoms with Crippen molar-refractivity contribution in [3.63, 3.8) is 0 Å². The van der Waals surface area contributed by atoms with Crippen molar-refractivity contribution in [3.05, 3.63) is 30.8 Å². The highest BCUT2D eigenvalue weighted by Gasteiger charge is 2.10. The highest BCUT2D eigenvalue weighted by molar-refractivity contribution is 5.08. The molecule has 2 heterocycles. The third kappa shape index (κ3) is 3.81. The largest absolute Gasteiger partial charge is 0.478 e. The van der Waals surface area contributed by atoms with Crippen LogP contribution in [0.15, 0.2) is 24.4 Å². The first-order chi connectivity index (χ1) is 7.95. The number of rotatable bonds is 6. The molecule has 3 heteroatoms. The summed E-state index contributed by atoms with van der Waals surface area (Å²) < 4.78 is 5.51. The molecule has 1 saturated heterocycles. The molecule has 0 N–H and O–H groups in total. The first-order valence-electron chi connectivity index (χ1n) is 6.03. The third-order valence-electron chi connectivity index (χ3n) is 2.80. The number of hydrogen-bond donors (Lipinski definition) is 0. The lowest BCUT2D eigenvalue weighted by Gasteiger charge is -2.13. The Morgan fingerprint density at radius 2 is 2.19 bits per heavy atom. The standard InChI is InChI=1S/C13H19N2O/c1-2-8-14-13(7-1)16-12-6-5-11-15-9-3-4-10-15/h1-2,5,7-8H,3-4,6,9-12H2. The van der Waals surface area contributed by atoms with E-state index in [2.05, 4.69) is 16.3 Å². The Morgan fingerprint density at radius 1 is 1.31 bits per heavy atom. The van der Waals surface area contributed by atoms with E-state index in [1.165, 1.54) is 25.9 Å². The fourth-order valence-electron chi connectivity index (χ4n) is 1.92. The van der Waals surface area contributed by atoms with Crippen LogP contribution in [0.25, 0.3) is 0 Å². The zero-order chi connectivity index (χ0) is 11.1. The summed E-state index contributed by atoms with van der Waals surface area (Å²) in [6, 6.07) is 5.73. The van der Waals surface area contributed by atoms with Crippen LogP contribution < -0.4 is 4.74 Å². The second-order valence-corrected chi connectivity index (χ2v) is 4.10. The minimum absolute atomic E-state index is 0.720. The molecule has 1 radical (unpaired) electrons. The quantitative estimate of drug-likeness (QED) is 0.685. The van der Waals surface area contributed by atoms with Gasteiger partial charge in [0.05, 0.1) is 6.61 Å². The van der Waals surface area contributed by atoms with Gasteiger partial charge in [-0.2, -0.15) is 0 Å². The van der Waals surface area contributed by atoms with Crippen molar-refractivity contribution in [2.45, 2.75) is 19.3 Å². The fourth-order valence-corrected chi connectivity index (χ4v) is 1.92. The molecule has 2 rings (SSSR count). The Hall–Kier alpha value is -1.09. The Morgan fingerprint density at radius 3 is 2.94 bits per heavy atom. The van der Waals surface area contributed by atoms with Gasteiger partial charge in [-0.15, -0.1) is 0 Å². The van der Waals surface area contributed by atoms with E-state index >= 15 is 0 Å². The molecule has 1 aliphatic heterocycles. The molecule has 3 nitrogen and oxygen atoms in total. The van der Waals surface area contributed by atoms with E-state index in [0.29, 0.717) is 0 Å². The van der Waals surface area contributed by atoms with E-state index in [0.717, 1.165) is 25.5 Å². The number of likely N-dealkylation sites (tertiary alicyclic amines) is 1. The Balaban J connectivity index is 1.52. The van der Waals surface area contributed by atoms with Gasteiger partial charge in [-0.3, -0.25) is 0 Å². The molecule has 0 aromatic carbocycles. The molecule has 1 fully saturated rings. The van der Waals surface area contributed by atoms with Crippen molar-refractivity contribution in [3.8, 4) is 5.88 Å². The summed E-state index contributed by atoms with van der Waals surface area (Å²) >= 11 is 0. The number of nitrogens with zero attached hydrogens (tertiary/aromatic N) is 2. The molecule has 87 valence electrons. The summed E-state index contributed by atoms with van der Waals surface area (Å²) in [6.45, 7) is 4.35. The van der Waals surface area contributed by atoms with Gasteiger partial charge in [-0.1, -0.05) is 6.07 Å². The van der Waals surface area contributed by atoms with Gasteiger partial charge in [0.2, 0.25) is 5.88 Å². The van der Waals surface area contributed by atoms with E-state index in [-0.39, 0.29) is 0 Å². The predicted octanol–water partition coefficient (Wildman–Crippen LogP) is 2.15. The summed E-state index contributed by atoms with van der Waals surface area (Å²) in [5, 5.41) is 0. The zero-order valence-electron chi connectivity index (χ0n) is 9.64. The molecule has 0 amide bonds. The van der Waals surface area contributed by atoms with Crippen molar-refractivity contribution < 1.29 is 4.74 Å². The summed E-state index contributed by atoms with van der Waals surface area (Å²) in [5.41, 5.74) is 0. The molecule has 0 saturated carbocycles. The monoisotopic (exact) mass is 219 g/mol. The molecule has 1 aromatic heterocycles. The topological polar surface area (TPSA) is 25.4 Å². The average Bonchev–Trinajstić information content (AvgIpc) is 2.83. The number of hydrogen-bond acceptors (Lipinski definition) is 3. The van der Waals surface area contributed by atoms with Crippen LogP contribution in [0.1, 0.15) is 19.3 Å². The van der Waals surface area contributed by atoms with E-state index in [1.54, 1.807) is 6.20 Å². The molecule has 16 heavy (non-hydrogen) atoms. The van der Waals surface area contributed by atoms with Crippen LogP contribution in [0.4, 0.5) is 0 Å². The van der Waals surface area contributed by atoms with Crippen molar-refractivity contribution in [1.82, 2.24) is 9.88 Å². The van der Waals surface area contributed by atoms with E-state index < -0.39 is 0 Å². The normalized spacial score (nSPS) is 16.5. The molecular formula is C13H19N2O. The minimum atomic E-state index is 0.720. The van der Waals surface area contributed by atoms with Gasteiger partial charge in [-0.05, 0) is 44.8 Å². The average molecular weight is 219 g/mol. The molecule has 0 spiro atoms. The molecule has 0 unspecified atom stereocenters. The second kappa shape index (κ2) is 6.48. The molecule has 0 atom stereocenters.